The lowest BCUT2D eigenvalue weighted by molar-refractivity contribution is -0.159. The Balaban J connectivity index is 1.75. The molecule has 0 aliphatic heterocycles. The van der Waals surface area contributed by atoms with Crippen LogP contribution in [-0.4, -0.2) is 15.1 Å². The molecule has 3 aromatic rings. The average molecular weight is 353 g/mol. The summed E-state index contributed by atoms with van der Waals surface area (Å²) in [5.74, 6) is -2.25. The molecule has 0 aliphatic carbocycles. The number of hydrogen-bond acceptors (Lipinski definition) is 5. The van der Waals surface area contributed by atoms with E-state index in [1.165, 1.54) is 18.3 Å². The molecular formula is C16H11F4N3O2. The quantitative estimate of drug-likeness (QED) is 0.659. The fraction of sp³-hybridized carbons (Fsp3) is 0.188. The van der Waals surface area contributed by atoms with Gasteiger partial charge in [0.05, 0.1) is 11.8 Å². The van der Waals surface area contributed by atoms with Gasteiger partial charge >= 0.3 is 12.1 Å². The monoisotopic (exact) mass is 353 g/mol. The Hall–Kier alpha value is -2.97. The molecule has 2 heterocycles. The Bertz CT molecular complexity index is 893. The number of ether oxygens (including phenoxy) is 1. The molecule has 0 saturated carbocycles. The molecule has 0 saturated heterocycles. The maximum Gasteiger partial charge on any atom is 0.471 e. The summed E-state index contributed by atoms with van der Waals surface area (Å²) in [6, 6.07) is 5.69. The second kappa shape index (κ2) is 6.50. The minimum Gasteiger partial charge on any atom is -0.487 e. The largest absolute Gasteiger partial charge is 0.487 e. The molecule has 0 unspecified atom stereocenters. The van der Waals surface area contributed by atoms with Crippen LogP contribution in [0, 0.1) is 12.7 Å². The van der Waals surface area contributed by atoms with Crippen LogP contribution in [0.1, 0.15) is 17.0 Å². The molecule has 5 nitrogen and oxygen atoms in total. The minimum absolute atomic E-state index is 0.0718. The Kier molecular flexibility index (Phi) is 4.39. The van der Waals surface area contributed by atoms with Gasteiger partial charge in [0.15, 0.2) is 0 Å². The Morgan fingerprint density at radius 2 is 1.96 bits per heavy atom. The molecule has 0 N–H and O–H groups in total. The Morgan fingerprint density at radius 3 is 2.60 bits per heavy atom. The molecule has 0 amide bonds. The van der Waals surface area contributed by atoms with Crippen LogP contribution >= 0.6 is 0 Å². The number of rotatable bonds is 4. The first kappa shape index (κ1) is 16.9. The van der Waals surface area contributed by atoms with Gasteiger partial charge in [0.25, 0.3) is 0 Å². The molecule has 0 radical (unpaired) electrons. The van der Waals surface area contributed by atoms with Gasteiger partial charge in [-0.1, -0.05) is 11.2 Å². The van der Waals surface area contributed by atoms with E-state index in [9.17, 15) is 17.6 Å². The second-order valence-corrected chi connectivity index (χ2v) is 5.22. The zero-order valence-corrected chi connectivity index (χ0v) is 12.8. The van der Waals surface area contributed by atoms with Crippen molar-refractivity contribution in [3.8, 4) is 17.1 Å². The van der Waals surface area contributed by atoms with Gasteiger partial charge in [0, 0.05) is 6.20 Å². The van der Waals surface area contributed by atoms with Gasteiger partial charge in [0.2, 0.25) is 5.82 Å². The van der Waals surface area contributed by atoms with E-state index in [4.69, 9.17) is 4.74 Å². The van der Waals surface area contributed by atoms with Gasteiger partial charge in [0.1, 0.15) is 18.2 Å². The van der Waals surface area contributed by atoms with Crippen molar-refractivity contribution in [1.82, 2.24) is 15.1 Å². The van der Waals surface area contributed by atoms with E-state index < -0.39 is 23.7 Å². The second-order valence-electron chi connectivity index (χ2n) is 5.22. The lowest BCUT2D eigenvalue weighted by Gasteiger charge is -2.07. The number of aryl methyl sites for hydroxylation is 1. The first-order valence-corrected chi connectivity index (χ1v) is 7.07. The maximum atomic E-state index is 14.2. The first-order valence-electron chi connectivity index (χ1n) is 7.07. The maximum absolute atomic E-state index is 14.2. The average Bonchev–Trinajstić information content (AvgIpc) is 3.03. The summed E-state index contributed by atoms with van der Waals surface area (Å²) in [5.41, 5.74) is 1.21. The summed E-state index contributed by atoms with van der Waals surface area (Å²) in [7, 11) is 0. The highest BCUT2D eigenvalue weighted by molar-refractivity contribution is 5.55. The standard InChI is InChI=1S/C16H11F4N3O2/c1-9-4-11(7-21-6-9)24-8-10-2-3-12(13(17)5-10)14-22-15(25-23-14)16(18,19)20/h2-7H,8H2,1H3. The SMILES string of the molecule is Cc1cncc(OCc2ccc(-c3noc(C(F)(F)F)n3)c(F)c2)c1. The molecule has 3 rings (SSSR count). The first-order chi connectivity index (χ1) is 11.8. The highest BCUT2D eigenvalue weighted by Crippen LogP contribution is 2.30. The van der Waals surface area contributed by atoms with Crippen molar-refractivity contribution in [2.24, 2.45) is 0 Å². The third kappa shape index (κ3) is 3.93. The van der Waals surface area contributed by atoms with E-state index in [0.29, 0.717) is 11.3 Å². The van der Waals surface area contributed by atoms with Crippen LogP contribution in [0.5, 0.6) is 5.75 Å². The molecule has 2 aromatic heterocycles. The molecule has 0 aliphatic rings. The molecule has 130 valence electrons. The van der Waals surface area contributed by atoms with E-state index in [1.54, 1.807) is 12.3 Å². The lowest BCUT2D eigenvalue weighted by atomic mass is 10.1. The lowest BCUT2D eigenvalue weighted by Crippen LogP contribution is -2.05. The third-order valence-corrected chi connectivity index (χ3v) is 3.20. The van der Waals surface area contributed by atoms with E-state index >= 15 is 0 Å². The number of aromatic nitrogens is 3. The number of pyridine rings is 1. The molecule has 0 bridgehead atoms. The van der Waals surface area contributed by atoms with Crippen molar-refractivity contribution in [3.63, 3.8) is 0 Å². The summed E-state index contributed by atoms with van der Waals surface area (Å²) in [6.45, 7) is 1.93. The summed E-state index contributed by atoms with van der Waals surface area (Å²) in [4.78, 5) is 7.14. The van der Waals surface area contributed by atoms with Crippen molar-refractivity contribution < 1.29 is 26.8 Å². The smallest absolute Gasteiger partial charge is 0.471 e. The van der Waals surface area contributed by atoms with E-state index in [-0.39, 0.29) is 12.2 Å². The van der Waals surface area contributed by atoms with Gasteiger partial charge in [-0.25, -0.2) is 4.39 Å². The predicted octanol–water partition coefficient (Wildman–Crippen LogP) is 4.18. The zero-order chi connectivity index (χ0) is 18.0. The van der Waals surface area contributed by atoms with Crippen molar-refractivity contribution in [3.05, 3.63) is 59.5 Å². The van der Waals surface area contributed by atoms with Crippen molar-refractivity contribution in [1.29, 1.82) is 0 Å². The summed E-state index contributed by atoms with van der Waals surface area (Å²) >= 11 is 0. The number of hydrogen-bond donors (Lipinski definition) is 0. The molecule has 0 fully saturated rings. The molecular weight excluding hydrogens is 342 g/mol. The normalized spacial score (nSPS) is 11.6. The predicted molar refractivity (Wildman–Crippen MR) is 78.0 cm³/mol. The Labute approximate surface area is 139 Å². The van der Waals surface area contributed by atoms with Crippen molar-refractivity contribution in [2.45, 2.75) is 19.7 Å². The van der Waals surface area contributed by atoms with Crippen LogP contribution in [0.4, 0.5) is 17.6 Å². The minimum atomic E-state index is -4.78. The topological polar surface area (TPSA) is 61.0 Å². The van der Waals surface area contributed by atoms with E-state index in [1.807, 2.05) is 6.92 Å². The summed E-state index contributed by atoms with van der Waals surface area (Å²) in [6.07, 6.45) is -1.59. The molecule has 9 heteroatoms. The van der Waals surface area contributed by atoms with E-state index in [2.05, 4.69) is 19.6 Å². The van der Waals surface area contributed by atoms with Gasteiger partial charge < -0.3 is 9.26 Å². The van der Waals surface area contributed by atoms with Crippen LogP contribution in [0.2, 0.25) is 0 Å². The number of benzene rings is 1. The van der Waals surface area contributed by atoms with Crippen molar-refractivity contribution in [2.75, 3.05) is 0 Å². The van der Waals surface area contributed by atoms with Crippen LogP contribution in [0.3, 0.4) is 0 Å². The Morgan fingerprint density at radius 1 is 1.16 bits per heavy atom. The number of nitrogens with zero attached hydrogens (tertiary/aromatic N) is 3. The van der Waals surface area contributed by atoms with Gasteiger partial charge in [-0.15, -0.1) is 0 Å². The third-order valence-electron chi connectivity index (χ3n) is 3.20. The van der Waals surface area contributed by atoms with Crippen LogP contribution in [0.25, 0.3) is 11.4 Å². The molecule has 0 atom stereocenters. The molecule has 25 heavy (non-hydrogen) atoms. The molecule has 0 spiro atoms. The fourth-order valence-electron chi connectivity index (χ4n) is 2.05. The van der Waals surface area contributed by atoms with Crippen molar-refractivity contribution >= 4 is 0 Å². The highest BCUT2D eigenvalue weighted by atomic mass is 19.4. The van der Waals surface area contributed by atoms with E-state index in [0.717, 1.165) is 11.6 Å². The van der Waals surface area contributed by atoms with Gasteiger partial charge in [-0.3, -0.25) is 4.98 Å². The highest BCUT2D eigenvalue weighted by Gasteiger charge is 2.38. The number of halogens is 4. The summed E-state index contributed by atoms with van der Waals surface area (Å²) < 4.78 is 61.1. The van der Waals surface area contributed by atoms with Gasteiger partial charge in [-0.2, -0.15) is 18.2 Å². The summed E-state index contributed by atoms with van der Waals surface area (Å²) in [5, 5.41) is 3.16. The van der Waals surface area contributed by atoms with Crippen LogP contribution in [0.15, 0.2) is 41.2 Å². The zero-order valence-electron chi connectivity index (χ0n) is 12.8. The number of alkyl halides is 3. The van der Waals surface area contributed by atoms with Crippen LogP contribution in [-0.2, 0) is 12.8 Å². The van der Waals surface area contributed by atoms with Crippen LogP contribution < -0.4 is 4.74 Å². The van der Waals surface area contributed by atoms with Gasteiger partial charge in [-0.05, 0) is 36.2 Å². The fourth-order valence-corrected chi connectivity index (χ4v) is 2.05. The molecule has 1 aromatic carbocycles.